The number of rotatable bonds is 10. The van der Waals surface area contributed by atoms with E-state index in [-0.39, 0.29) is 35.2 Å². The Morgan fingerprint density at radius 1 is 1.10 bits per heavy atom. The van der Waals surface area contributed by atoms with Gasteiger partial charge in [0, 0.05) is 17.4 Å². The van der Waals surface area contributed by atoms with Gasteiger partial charge in [-0.1, -0.05) is 70.9 Å². The second kappa shape index (κ2) is 12.1. The third-order valence-electron chi connectivity index (χ3n) is 10.9. The number of hydrogen-bond donors (Lipinski definition) is 1. The lowest BCUT2D eigenvalue weighted by Crippen LogP contribution is -2.50. The lowest BCUT2D eigenvalue weighted by molar-refractivity contribution is -0.132. The Balaban J connectivity index is 1.14. The molecule has 4 aliphatic carbocycles. The molecular weight excluding hydrogens is 512 g/mol. The van der Waals surface area contributed by atoms with Crippen LogP contribution >= 0.6 is 0 Å². The summed E-state index contributed by atoms with van der Waals surface area (Å²) in [4.78, 5) is 30.3. The van der Waals surface area contributed by atoms with Crippen molar-refractivity contribution in [1.82, 2.24) is 4.98 Å². The lowest BCUT2D eigenvalue weighted by Gasteiger charge is -2.57. The molecule has 4 aliphatic rings. The number of hydrogen-bond acceptors (Lipinski definition) is 5. The number of aromatic nitrogens is 1. The van der Waals surface area contributed by atoms with E-state index < -0.39 is 6.09 Å². The van der Waals surface area contributed by atoms with Crippen molar-refractivity contribution in [2.24, 2.45) is 34.5 Å². The van der Waals surface area contributed by atoms with Crippen molar-refractivity contribution in [2.45, 2.75) is 98.0 Å². The molecule has 1 aromatic rings. The summed E-state index contributed by atoms with van der Waals surface area (Å²) in [5.74, 6) is 2.35. The van der Waals surface area contributed by atoms with Crippen LogP contribution in [0.25, 0.3) is 0 Å². The summed E-state index contributed by atoms with van der Waals surface area (Å²) in [6.07, 6.45) is 18.6. The summed E-state index contributed by atoms with van der Waals surface area (Å²) < 4.78 is 11.4. The molecule has 0 spiro atoms. The maximum absolute atomic E-state index is 13.4. The summed E-state index contributed by atoms with van der Waals surface area (Å²) in [6.45, 7) is 13.0. The molecule has 0 saturated heterocycles. The number of anilines is 1. The van der Waals surface area contributed by atoms with Crippen molar-refractivity contribution >= 4 is 17.6 Å². The van der Waals surface area contributed by atoms with Gasteiger partial charge in [0.15, 0.2) is 12.4 Å². The molecule has 222 valence electrons. The van der Waals surface area contributed by atoms with Gasteiger partial charge in [-0.05, 0) is 86.2 Å². The molecule has 0 bridgehead atoms. The van der Waals surface area contributed by atoms with E-state index in [1.165, 1.54) is 12.0 Å². The molecular formula is C35H48N2O4. The van der Waals surface area contributed by atoms with Gasteiger partial charge in [0.05, 0.1) is 11.9 Å². The van der Waals surface area contributed by atoms with Gasteiger partial charge in [0.2, 0.25) is 5.88 Å². The Bertz CT molecular complexity index is 1200. The fourth-order valence-electron chi connectivity index (χ4n) is 8.80. The zero-order chi connectivity index (χ0) is 29.2. The van der Waals surface area contributed by atoms with Crippen molar-refractivity contribution in [3.63, 3.8) is 0 Å². The first kappa shape index (κ1) is 29.6. The fourth-order valence-corrected chi connectivity index (χ4v) is 8.80. The van der Waals surface area contributed by atoms with Gasteiger partial charge in [-0.25, -0.2) is 9.78 Å². The Hall–Kier alpha value is -2.89. The normalized spacial score (nSPS) is 32.0. The van der Waals surface area contributed by atoms with Crippen LogP contribution in [0.3, 0.4) is 0 Å². The van der Waals surface area contributed by atoms with Gasteiger partial charge in [-0.3, -0.25) is 10.1 Å². The SMILES string of the molecule is C=C1C=CC2(C)C(=C1)CCC1C2CCC2(C)C(C(=O)COC(=O)Nc3ccc(OC(CCC)CCC)nc3)CCC12. The Morgan fingerprint density at radius 3 is 2.59 bits per heavy atom. The molecule has 3 fully saturated rings. The standard InChI is InChI=1S/C35H48N2O4/c1-6-8-26(9-7-2)41-32-15-11-25(21-36-32)37-33(39)40-22-31(38)30-14-13-28-27-12-10-24-20-23(3)16-18-34(24,4)29(27)17-19-35(28,30)5/h11,15-16,18,20-21,26-30H,3,6-10,12-14,17,19,22H2,1-2,4-5H3,(H,37,39). The van der Waals surface area contributed by atoms with E-state index in [0.717, 1.165) is 63.4 Å². The molecule has 5 rings (SSSR count). The second-order valence-corrected chi connectivity index (χ2v) is 13.3. The number of nitrogens with one attached hydrogen (secondary N) is 1. The zero-order valence-corrected chi connectivity index (χ0v) is 25.4. The molecule has 1 amide bonds. The largest absolute Gasteiger partial charge is 0.474 e. The molecule has 1 N–H and O–H groups in total. The maximum Gasteiger partial charge on any atom is 0.412 e. The van der Waals surface area contributed by atoms with Crippen LogP contribution in [-0.2, 0) is 9.53 Å². The number of ether oxygens (including phenoxy) is 2. The van der Waals surface area contributed by atoms with Crippen LogP contribution in [0.5, 0.6) is 5.88 Å². The smallest absolute Gasteiger partial charge is 0.412 e. The Labute approximate surface area is 246 Å². The van der Waals surface area contributed by atoms with E-state index >= 15 is 0 Å². The molecule has 0 radical (unpaired) electrons. The molecule has 3 saturated carbocycles. The van der Waals surface area contributed by atoms with Crippen LogP contribution in [0.4, 0.5) is 10.5 Å². The molecule has 6 nitrogen and oxygen atoms in total. The fraction of sp³-hybridized carbons (Fsp3) is 0.629. The summed E-state index contributed by atoms with van der Waals surface area (Å²) in [6, 6.07) is 3.52. The second-order valence-electron chi connectivity index (χ2n) is 13.3. The summed E-state index contributed by atoms with van der Waals surface area (Å²) in [7, 11) is 0. The third-order valence-corrected chi connectivity index (χ3v) is 10.9. The average molecular weight is 561 g/mol. The van der Waals surface area contributed by atoms with E-state index in [9.17, 15) is 9.59 Å². The highest BCUT2D eigenvalue weighted by Gasteiger charge is 2.59. The number of amides is 1. The topological polar surface area (TPSA) is 77.5 Å². The van der Waals surface area contributed by atoms with Crippen LogP contribution in [0.2, 0.25) is 0 Å². The number of nitrogens with zero attached hydrogens (tertiary/aromatic N) is 1. The molecule has 0 aliphatic heterocycles. The predicted molar refractivity (Wildman–Crippen MR) is 163 cm³/mol. The number of pyridine rings is 1. The van der Waals surface area contributed by atoms with Crippen LogP contribution in [0, 0.1) is 34.5 Å². The summed E-state index contributed by atoms with van der Waals surface area (Å²) >= 11 is 0. The number of carbonyl (C=O) groups excluding carboxylic acids is 2. The van der Waals surface area contributed by atoms with E-state index in [1.54, 1.807) is 18.3 Å². The van der Waals surface area contributed by atoms with E-state index in [4.69, 9.17) is 9.47 Å². The highest BCUT2D eigenvalue weighted by molar-refractivity contribution is 5.89. The average Bonchev–Trinajstić information content (AvgIpc) is 3.31. The minimum atomic E-state index is -0.628. The number of allylic oxidation sites excluding steroid dienone is 5. The summed E-state index contributed by atoms with van der Waals surface area (Å²) in [5, 5.41) is 2.71. The van der Waals surface area contributed by atoms with Gasteiger partial charge in [0.25, 0.3) is 0 Å². The first-order chi connectivity index (χ1) is 19.7. The molecule has 6 atom stereocenters. The van der Waals surface area contributed by atoms with E-state index in [2.05, 4.69) is 62.8 Å². The van der Waals surface area contributed by atoms with Gasteiger partial charge in [-0.2, -0.15) is 0 Å². The van der Waals surface area contributed by atoms with Gasteiger partial charge < -0.3 is 9.47 Å². The quantitative estimate of drug-likeness (QED) is 0.311. The highest BCUT2D eigenvalue weighted by atomic mass is 16.6. The summed E-state index contributed by atoms with van der Waals surface area (Å²) in [5.41, 5.74) is 3.25. The molecule has 6 heteroatoms. The van der Waals surface area contributed by atoms with Crippen molar-refractivity contribution in [3.8, 4) is 5.88 Å². The molecule has 0 aromatic carbocycles. The van der Waals surface area contributed by atoms with Crippen molar-refractivity contribution in [2.75, 3.05) is 11.9 Å². The molecule has 1 aromatic heterocycles. The minimum absolute atomic E-state index is 0.0230. The third kappa shape index (κ3) is 5.89. The van der Waals surface area contributed by atoms with E-state index in [0.29, 0.717) is 29.3 Å². The number of ketones is 1. The monoisotopic (exact) mass is 560 g/mol. The van der Waals surface area contributed by atoms with Gasteiger partial charge >= 0.3 is 6.09 Å². The maximum atomic E-state index is 13.4. The zero-order valence-electron chi connectivity index (χ0n) is 25.4. The first-order valence-electron chi connectivity index (χ1n) is 15.9. The van der Waals surface area contributed by atoms with Crippen molar-refractivity contribution in [3.05, 3.63) is 54.3 Å². The Morgan fingerprint density at radius 2 is 1.88 bits per heavy atom. The van der Waals surface area contributed by atoms with Crippen LogP contribution in [0.15, 0.2) is 54.3 Å². The highest BCUT2D eigenvalue weighted by Crippen LogP contribution is 2.66. The predicted octanol–water partition coefficient (Wildman–Crippen LogP) is 8.46. The van der Waals surface area contributed by atoms with E-state index in [1.807, 2.05) is 0 Å². The lowest BCUT2D eigenvalue weighted by atomic mass is 9.47. The van der Waals surface area contributed by atoms with Gasteiger partial charge in [0.1, 0.15) is 6.10 Å². The molecule has 6 unspecified atom stereocenters. The van der Waals surface area contributed by atoms with Crippen molar-refractivity contribution in [1.29, 1.82) is 0 Å². The van der Waals surface area contributed by atoms with Crippen LogP contribution in [-0.4, -0.2) is 29.6 Å². The molecule has 41 heavy (non-hydrogen) atoms. The Kier molecular flexibility index (Phi) is 8.77. The minimum Gasteiger partial charge on any atom is -0.474 e. The number of carbonyl (C=O) groups is 2. The number of Topliss-reactive ketones (excluding diaryl/α,β-unsaturated/α-hetero) is 1. The van der Waals surface area contributed by atoms with Gasteiger partial charge in [-0.15, -0.1) is 0 Å². The van der Waals surface area contributed by atoms with Crippen molar-refractivity contribution < 1.29 is 19.1 Å². The van der Waals surface area contributed by atoms with Crippen LogP contribution < -0.4 is 10.1 Å². The van der Waals surface area contributed by atoms with Crippen LogP contribution in [0.1, 0.15) is 91.9 Å². The number of fused-ring (bicyclic) bond motifs is 5. The molecule has 1 heterocycles. The first-order valence-corrected chi connectivity index (χ1v) is 15.9.